The maximum Gasteiger partial charge on any atom is 0.218 e. The van der Waals surface area contributed by atoms with Gasteiger partial charge in [0.15, 0.2) is 6.20 Å². The number of allylic oxidation sites excluding steroid dienone is 1. The van der Waals surface area contributed by atoms with E-state index in [0.29, 0.717) is 6.54 Å². The molecule has 0 saturated heterocycles. The summed E-state index contributed by atoms with van der Waals surface area (Å²) in [5, 5.41) is 3.38. The molecule has 5 heteroatoms. The predicted octanol–water partition coefficient (Wildman–Crippen LogP) is 9.04. The van der Waals surface area contributed by atoms with Crippen molar-refractivity contribution in [1.82, 2.24) is 0 Å². The van der Waals surface area contributed by atoms with Gasteiger partial charge in [-0.2, -0.15) is 4.57 Å². The maximum atomic E-state index is 13.5. The highest BCUT2D eigenvalue weighted by atomic mass is 28.3. The average Bonchev–Trinajstić information content (AvgIpc) is 3.40. The monoisotopic (exact) mass is 581 g/mol. The van der Waals surface area contributed by atoms with Gasteiger partial charge in [0.1, 0.15) is 23.5 Å². The first-order valence-corrected chi connectivity index (χ1v) is 17.9. The van der Waals surface area contributed by atoms with Crippen LogP contribution in [-0.4, -0.2) is 20.3 Å². The summed E-state index contributed by atoms with van der Waals surface area (Å²) in [5.41, 5.74) is 8.13. The number of nitrogens with zero attached hydrogens (tertiary/aromatic N) is 2. The van der Waals surface area contributed by atoms with Gasteiger partial charge in [0.2, 0.25) is 11.4 Å². The number of rotatable bonds is 8. The lowest BCUT2D eigenvalue weighted by atomic mass is 10.0. The summed E-state index contributed by atoms with van der Waals surface area (Å²) in [6.07, 6.45) is 4.01. The zero-order valence-electron chi connectivity index (χ0n) is 24.8. The third kappa shape index (κ3) is 5.64. The Morgan fingerprint density at radius 1 is 0.837 bits per heavy atom. The molecule has 6 rings (SSSR count). The average molecular weight is 582 g/mol. The van der Waals surface area contributed by atoms with E-state index < -0.39 is 8.07 Å². The second kappa shape index (κ2) is 11.4. The molecular weight excluding hydrogens is 548 g/mol. The van der Waals surface area contributed by atoms with Crippen LogP contribution in [-0.2, 0) is 0 Å². The van der Waals surface area contributed by atoms with Crippen molar-refractivity contribution in [3.63, 3.8) is 0 Å². The van der Waals surface area contributed by atoms with Crippen molar-refractivity contribution in [1.29, 1.82) is 0 Å². The summed E-state index contributed by atoms with van der Waals surface area (Å²) in [6, 6.07) is 33.5. The van der Waals surface area contributed by atoms with Gasteiger partial charge < -0.3 is 4.42 Å². The molecule has 0 spiro atoms. The number of fused-ring (bicyclic) bond motifs is 3. The van der Waals surface area contributed by atoms with Crippen molar-refractivity contribution in [3.05, 3.63) is 140 Å². The van der Waals surface area contributed by atoms with E-state index in [1.807, 2.05) is 30.3 Å². The van der Waals surface area contributed by atoms with Gasteiger partial charge in [0, 0.05) is 33.2 Å². The Balaban J connectivity index is 1.38. The molecule has 0 atom stereocenters. The van der Waals surface area contributed by atoms with Crippen LogP contribution in [0.4, 0.5) is 4.39 Å². The highest BCUT2D eigenvalue weighted by Crippen LogP contribution is 2.34. The van der Waals surface area contributed by atoms with Gasteiger partial charge in [0.05, 0.1) is 13.8 Å². The number of furan rings is 1. The molecule has 2 heterocycles. The summed E-state index contributed by atoms with van der Waals surface area (Å²) in [7, 11) is -1.56. The molecule has 3 nitrogen and oxygen atoms in total. The molecule has 0 aliphatic heterocycles. The van der Waals surface area contributed by atoms with Crippen LogP contribution in [0, 0.1) is 5.82 Å². The number of aliphatic imine (C=N–C) groups is 1. The van der Waals surface area contributed by atoms with E-state index in [-0.39, 0.29) is 5.82 Å². The topological polar surface area (TPSA) is 29.4 Å². The minimum Gasteiger partial charge on any atom is -0.455 e. The Bertz CT molecular complexity index is 2020. The van der Waals surface area contributed by atoms with Crippen LogP contribution in [0.3, 0.4) is 0 Å². The maximum absolute atomic E-state index is 13.5. The van der Waals surface area contributed by atoms with E-state index in [1.165, 1.54) is 17.3 Å². The number of halogens is 1. The van der Waals surface area contributed by atoms with Crippen molar-refractivity contribution >= 4 is 46.6 Å². The smallest absolute Gasteiger partial charge is 0.218 e. The number of hydrogen-bond acceptors (Lipinski definition) is 2. The summed E-state index contributed by atoms with van der Waals surface area (Å²) in [5.74, 6) is -0.254. The highest BCUT2D eigenvalue weighted by molar-refractivity contribution is 6.88. The standard InChI is InChI=1S/C38H34FN2OSi/c1-6-35(40-24-26(2)41-25-31(43(3,4)5)20-22-36(41)28-11-8-7-9-12-28)34-14-10-13-33-32-21-17-29(23-37(32)42-38(33)34)27-15-18-30(39)19-16-27/h6-23,25H,1-2,24H2,3-5H3/q+1. The molecule has 0 unspecified atom stereocenters. The highest BCUT2D eigenvalue weighted by Gasteiger charge is 2.24. The lowest BCUT2D eigenvalue weighted by Gasteiger charge is -2.16. The molecule has 0 saturated carbocycles. The normalized spacial score (nSPS) is 12.1. The van der Waals surface area contributed by atoms with E-state index in [2.05, 4.69) is 92.1 Å². The fourth-order valence-electron chi connectivity index (χ4n) is 5.38. The van der Waals surface area contributed by atoms with Crippen molar-refractivity contribution in [2.24, 2.45) is 4.99 Å². The Morgan fingerprint density at radius 3 is 2.30 bits per heavy atom. The Kier molecular flexibility index (Phi) is 7.51. The van der Waals surface area contributed by atoms with Gasteiger partial charge in [-0.1, -0.05) is 80.8 Å². The van der Waals surface area contributed by atoms with Crippen LogP contribution in [0.2, 0.25) is 19.6 Å². The summed E-state index contributed by atoms with van der Waals surface area (Å²) in [4.78, 5) is 5.00. The summed E-state index contributed by atoms with van der Waals surface area (Å²) >= 11 is 0. The molecule has 0 radical (unpaired) electrons. The molecule has 6 aromatic rings. The first-order valence-electron chi connectivity index (χ1n) is 14.4. The van der Waals surface area contributed by atoms with E-state index in [0.717, 1.165) is 61.3 Å². The molecular formula is C38H34FN2OSi+. The number of aromatic nitrogens is 1. The first-order chi connectivity index (χ1) is 20.7. The molecule has 0 aliphatic rings. The SMILES string of the molecule is C=CC(=NCC(=C)[n+]1cc([Si](C)(C)C)ccc1-c1ccccc1)c1cccc2c1oc1cc(-c3ccc(F)cc3)ccc12. The second-order valence-electron chi connectivity index (χ2n) is 11.8. The molecule has 2 aromatic heterocycles. The van der Waals surface area contributed by atoms with E-state index in [1.54, 1.807) is 18.2 Å². The minimum atomic E-state index is -1.56. The lowest BCUT2D eigenvalue weighted by molar-refractivity contribution is -0.568. The van der Waals surface area contributed by atoms with E-state index in [4.69, 9.17) is 9.41 Å². The molecule has 4 aromatic carbocycles. The number of benzene rings is 4. The fraction of sp³-hybridized carbons (Fsp3) is 0.105. The molecule has 0 N–H and O–H groups in total. The Morgan fingerprint density at radius 2 is 1.58 bits per heavy atom. The quantitative estimate of drug-likeness (QED) is 0.100. The first kappa shape index (κ1) is 28.3. The van der Waals surface area contributed by atoms with Crippen LogP contribution >= 0.6 is 0 Å². The molecule has 0 amide bonds. The molecule has 0 bridgehead atoms. The number of para-hydroxylation sites is 1. The predicted molar refractivity (Wildman–Crippen MR) is 181 cm³/mol. The Hall–Kier alpha value is -4.87. The molecule has 0 fully saturated rings. The molecule has 212 valence electrons. The van der Waals surface area contributed by atoms with Gasteiger partial charge in [-0.25, -0.2) is 4.39 Å². The van der Waals surface area contributed by atoms with Crippen LogP contribution in [0.15, 0.2) is 138 Å². The van der Waals surface area contributed by atoms with Gasteiger partial charge in [-0.05, 0) is 66.2 Å². The fourth-order valence-corrected chi connectivity index (χ4v) is 6.48. The third-order valence-corrected chi connectivity index (χ3v) is 9.83. The van der Waals surface area contributed by atoms with Crippen molar-refractivity contribution in [2.75, 3.05) is 6.54 Å². The van der Waals surface area contributed by atoms with Gasteiger partial charge >= 0.3 is 0 Å². The van der Waals surface area contributed by atoms with Crippen LogP contribution in [0.25, 0.3) is 50.0 Å². The van der Waals surface area contributed by atoms with Crippen molar-refractivity contribution in [2.45, 2.75) is 19.6 Å². The van der Waals surface area contributed by atoms with E-state index >= 15 is 0 Å². The van der Waals surface area contributed by atoms with Crippen LogP contribution in [0.5, 0.6) is 0 Å². The van der Waals surface area contributed by atoms with E-state index in [9.17, 15) is 4.39 Å². The second-order valence-corrected chi connectivity index (χ2v) is 16.8. The van der Waals surface area contributed by atoms with Crippen LogP contribution < -0.4 is 9.75 Å². The van der Waals surface area contributed by atoms with Gasteiger partial charge in [-0.3, -0.25) is 4.99 Å². The number of pyridine rings is 1. The summed E-state index contributed by atoms with van der Waals surface area (Å²) < 4.78 is 22.1. The van der Waals surface area contributed by atoms with Crippen LogP contribution in [0.1, 0.15) is 5.56 Å². The lowest BCUT2D eigenvalue weighted by Crippen LogP contribution is -2.46. The van der Waals surface area contributed by atoms with Crippen molar-refractivity contribution < 1.29 is 13.4 Å². The largest absolute Gasteiger partial charge is 0.455 e. The zero-order valence-corrected chi connectivity index (χ0v) is 25.8. The molecule has 43 heavy (non-hydrogen) atoms. The van der Waals surface area contributed by atoms with Crippen molar-refractivity contribution in [3.8, 4) is 22.4 Å². The summed E-state index contributed by atoms with van der Waals surface area (Å²) in [6.45, 7) is 16.0. The van der Waals surface area contributed by atoms with Gasteiger partial charge in [0.25, 0.3) is 0 Å². The van der Waals surface area contributed by atoms with Gasteiger partial charge in [-0.15, -0.1) is 0 Å². The number of hydrogen-bond donors (Lipinski definition) is 0. The third-order valence-electron chi connectivity index (χ3n) is 7.80. The Labute approximate surface area is 253 Å². The zero-order chi connectivity index (χ0) is 30.1. The minimum absolute atomic E-state index is 0.254. The molecule has 0 aliphatic carbocycles.